The van der Waals surface area contributed by atoms with Crippen LogP contribution in [0.2, 0.25) is 0 Å². The molecule has 0 fully saturated rings. The molecule has 1 N–H and O–H groups in total. The van der Waals surface area contributed by atoms with Crippen molar-refractivity contribution in [1.82, 2.24) is 5.43 Å². The van der Waals surface area contributed by atoms with E-state index in [1.165, 1.54) is 0 Å². The van der Waals surface area contributed by atoms with Gasteiger partial charge in [0.1, 0.15) is 0 Å². The number of rotatable bonds is 4. The van der Waals surface area contributed by atoms with Gasteiger partial charge in [0.25, 0.3) is 5.91 Å². The number of benzene rings is 3. The van der Waals surface area contributed by atoms with Crippen molar-refractivity contribution in [3.8, 4) is 0 Å². The summed E-state index contributed by atoms with van der Waals surface area (Å²) in [4.78, 5) is 12.2. The molecule has 0 radical (unpaired) electrons. The summed E-state index contributed by atoms with van der Waals surface area (Å²) in [6, 6.07) is 23.5. The van der Waals surface area contributed by atoms with Crippen LogP contribution < -0.4 is 5.43 Å². The van der Waals surface area contributed by atoms with Gasteiger partial charge in [-0.2, -0.15) is 5.10 Å². The smallest absolute Gasteiger partial charge is 0.267 e. The minimum atomic E-state index is -0.193. The molecule has 0 aromatic heterocycles. The number of nitrogens with one attached hydrogen (secondary N) is 1. The zero-order valence-corrected chi connectivity index (χ0v) is 12.1. The van der Waals surface area contributed by atoms with Gasteiger partial charge in [0.2, 0.25) is 0 Å². The van der Waals surface area contributed by atoms with E-state index >= 15 is 0 Å². The van der Waals surface area contributed by atoms with Crippen LogP contribution in [0, 0.1) is 0 Å². The molecule has 0 atom stereocenters. The third-order valence-corrected chi connectivity index (χ3v) is 3.46. The Morgan fingerprint density at radius 1 is 0.909 bits per heavy atom. The van der Waals surface area contributed by atoms with Crippen LogP contribution in [0.5, 0.6) is 0 Å². The summed E-state index contributed by atoms with van der Waals surface area (Å²) < 4.78 is 0. The summed E-state index contributed by atoms with van der Waals surface area (Å²) in [5.41, 5.74) is 4.38. The Balaban J connectivity index is 1.69. The van der Waals surface area contributed by atoms with Gasteiger partial charge >= 0.3 is 0 Å². The highest BCUT2D eigenvalue weighted by Crippen LogP contribution is 2.18. The summed E-state index contributed by atoms with van der Waals surface area (Å²) in [5, 5.41) is 6.00. The second-order valence-corrected chi connectivity index (χ2v) is 4.97. The minimum absolute atomic E-state index is 0.193. The monoisotopic (exact) mass is 288 g/mol. The number of nitrogens with zero attached hydrogens (tertiary/aromatic N) is 1. The molecule has 0 aliphatic rings. The first kappa shape index (κ1) is 14.0. The number of carbonyl (C=O) groups is 1. The molecular weight excluding hydrogens is 272 g/mol. The Kier molecular flexibility index (Phi) is 4.25. The zero-order valence-electron chi connectivity index (χ0n) is 12.1. The topological polar surface area (TPSA) is 41.5 Å². The van der Waals surface area contributed by atoms with E-state index in [-0.39, 0.29) is 5.91 Å². The van der Waals surface area contributed by atoms with E-state index in [2.05, 4.69) is 10.5 Å². The molecular formula is C19H16N2O. The molecule has 0 bridgehead atoms. The summed E-state index contributed by atoms with van der Waals surface area (Å²) in [6.07, 6.45) is 2.40. The molecule has 108 valence electrons. The first-order chi connectivity index (χ1) is 10.8. The van der Waals surface area contributed by atoms with Gasteiger partial charge in [-0.05, 0) is 22.4 Å². The first-order valence-electron chi connectivity index (χ1n) is 7.18. The normalized spacial score (nSPS) is 10.9. The van der Waals surface area contributed by atoms with E-state index in [0.29, 0.717) is 12.0 Å². The zero-order chi connectivity index (χ0) is 15.2. The largest absolute Gasteiger partial charge is 0.271 e. The molecule has 0 spiro atoms. The van der Waals surface area contributed by atoms with Crippen molar-refractivity contribution in [1.29, 1.82) is 0 Å². The number of hydrogen-bond acceptors (Lipinski definition) is 2. The van der Waals surface area contributed by atoms with Crippen molar-refractivity contribution < 1.29 is 4.79 Å². The lowest BCUT2D eigenvalue weighted by Gasteiger charge is -2.04. The van der Waals surface area contributed by atoms with E-state index in [4.69, 9.17) is 0 Å². The molecule has 0 saturated carbocycles. The van der Waals surface area contributed by atoms with Gasteiger partial charge in [0, 0.05) is 18.2 Å². The number of fused-ring (bicyclic) bond motifs is 1. The van der Waals surface area contributed by atoms with Crippen molar-refractivity contribution in [2.75, 3.05) is 0 Å². The maximum atomic E-state index is 12.2. The molecule has 0 heterocycles. The maximum absolute atomic E-state index is 12.2. The van der Waals surface area contributed by atoms with Crippen LogP contribution in [0.25, 0.3) is 10.8 Å². The summed E-state index contributed by atoms with van der Waals surface area (Å²) in [5.74, 6) is -0.193. The quantitative estimate of drug-likeness (QED) is 0.576. The summed E-state index contributed by atoms with van der Waals surface area (Å²) in [6.45, 7) is 0. The molecule has 0 aliphatic carbocycles. The van der Waals surface area contributed by atoms with Crippen LogP contribution in [0.15, 0.2) is 77.9 Å². The summed E-state index contributed by atoms with van der Waals surface area (Å²) >= 11 is 0. The Morgan fingerprint density at radius 3 is 2.50 bits per heavy atom. The van der Waals surface area contributed by atoms with Gasteiger partial charge < -0.3 is 0 Å². The van der Waals surface area contributed by atoms with E-state index in [1.807, 2.05) is 72.8 Å². The molecule has 3 nitrogen and oxygen atoms in total. The lowest BCUT2D eigenvalue weighted by Crippen LogP contribution is -2.18. The van der Waals surface area contributed by atoms with Crippen LogP contribution in [-0.4, -0.2) is 12.1 Å². The van der Waals surface area contributed by atoms with Gasteiger partial charge in [-0.15, -0.1) is 0 Å². The molecule has 22 heavy (non-hydrogen) atoms. The fourth-order valence-electron chi connectivity index (χ4n) is 2.35. The first-order valence-corrected chi connectivity index (χ1v) is 7.18. The van der Waals surface area contributed by atoms with Crippen molar-refractivity contribution in [3.63, 3.8) is 0 Å². The molecule has 1 amide bonds. The lowest BCUT2D eigenvalue weighted by molar-refractivity contribution is 0.0956. The van der Waals surface area contributed by atoms with Gasteiger partial charge in [0.05, 0.1) is 0 Å². The van der Waals surface area contributed by atoms with Crippen molar-refractivity contribution >= 4 is 22.9 Å². The highest BCUT2D eigenvalue weighted by Gasteiger charge is 2.07. The summed E-state index contributed by atoms with van der Waals surface area (Å²) in [7, 11) is 0. The Hall–Kier alpha value is -2.94. The average molecular weight is 288 g/mol. The Labute approximate surface area is 129 Å². The molecule has 0 aliphatic heterocycles. The third-order valence-electron chi connectivity index (χ3n) is 3.46. The minimum Gasteiger partial charge on any atom is -0.267 e. The third kappa shape index (κ3) is 3.20. The van der Waals surface area contributed by atoms with Crippen LogP contribution in [-0.2, 0) is 6.42 Å². The van der Waals surface area contributed by atoms with Crippen LogP contribution >= 0.6 is 0 Å². The van der Waals surface area contributed by atoms with Crippen LogP contribution in [0.1, 0.15) is 15.9 Å². The second-order valence-electron chi connectivity index (χ2n) is 4.97. The molecule has 3 heteroatoms. The van der Waals surface area contributed by atoms with Crippen molar-refractivity contribution in [2.24, 2.45) is 5.10 Å². The van der Waals surface area contributed by atoms with Gasteiger partial charge in [-0.3, -0.25) is 4.79 Å². The Bertz CT molecular complexity index is 805. The highest BCUT2D eigenvalue weighted by molar-refractivity contribution is 6.07. The maximum Gasteiger partial charge on any atom is 0.271 e. The van der Waals surface area contributed by atoms with E-state index in [9.17, 15) is 4.79 Å². The standard InChI is InChI=1S/C19H16N2O/c22-19(21-20-14-13-15-7-2-1-3-8-15)18-12-6-10-16-9-4-5-11-17(16)18/h1-12,14H,13H2,(H,21,22). The number of hydrogen-bond donors (Lipinski definition) is 1. The molecule has 0 unspecified atom stereocenters. The highest BCUT2D eigenvalue weighted by atomic mass is 16.2. The molecule has 3 aromatic carbocycles. The second kappa shape index (κ2) is 6.68. The van der Waals surface area contributed by atoms with Crippen LogP contribution in [0.3, 0.4) is 0 Å². The van der Waals surface area contributed by atoms with Crippen LogP contribution in [0.4, 0.5) is 0 Å². The molecule has 3 aromatic rings. The molecule has 0 saturated heterocycles. The van der Waals surface area contributed by atoms with Crippen molar-refractivity contribution in [3.05, 3.63) is 83.9 Å². The van der Waals surface area contributed by atoms with Crippen molar-refractivity contribution in [2.45, 2.75) is 6.42 Å². The number of hydrazone groups is 1. The van der Waals surface area contributed by atoms with Gasteiger partial charge in [0.15, 0.2) is 0 Å². The number of carbonyl (C=O) groups excluding carboxylic acids is 1. The van der Waals surface area contributed by atoms with Gasteiger partial charge in [-0.1, -0.05) is 66.7 Å². The van der Waals surface area contributed by atoms with E-state index < -0.39 is 0 Å². The average Bonchev–Trinajstić information content (AvgIpc) is 2.59. The number of amides is 1. The predicted octanol–water partition coefficient (Wildman–Crippen LogP) is 3.80. The Morgan fingerprint density at radius 2 is 1.64 bits per heavy atom. The van der Waals surface area contributed by atoms with Gasteiger partial charge in [-0.25, -0.2) is 5.43 Å². The lowest BCUT2D eigenvalue weighted by atomic mass is 10.0. The SMILES string of the molecule is O=C(NN=CCc1ccccc1)c1cccc2ccccc12. The fourth-order valence-corrected chi connectivity index (χ4v) is 2.35. The van der Waals surface area contributed by atoms with E-state index in [1.54, 1.807) is 6.21 Å². The predicted molar refractivity (Wildman–Crippen MR) is 90.1 cm³/mol. The van der Waals surface area contributed by atoms with E-state index in [0.717, 1.165) is 16.3 Å². The fraction of sp³-hybridized carbons (Fsp3) is 0.0526. The molecule has 3 rings (SSSR count).